The average Bonchev–Trinajstić information content (AvgIpc) is 2.54. The molecule has 11 heteroatoms. The first-order chi connectivity index (χ1) is 12.1. The first-order valence-corrected chi connectivity index (χ1v) is 10.3. The van der Waals surface area contributed by atoms with Crippen molar-refractivity contribution in [3.63, 3.8) is 0 Å². The van der Waals surface area contributed by atoms with E-state index in [-0.39, 0.29) is 17.6 Å². The van der Waals surface area contributed by atoms with Gasteiger partial charge in [0.15, 0.2) is 0 Å². The van der Waals surface area contributed by atoms with Gasteiger partial charge in [-0.3, -0.25) is 4.98 Å². The Morgan fingerprint density at radius 1 is 0.885 bits per heavy atom. The molecule has 136 valence electrons. The maximum atomic E-state index is 9.96. The Balaban J connectivity index is 0.000000431. The highest BCUT2D eigenvalue weighted by Gasteiger charge is 2.11. The molecule has 3 heterocycles. The number of nitrogens with two attached hydrogens (primary N) is 2. The molecule has 0 fully saturated rings. The minimum Gasteiger partial charge on any atom is -0.506 e. The molecule has 0 atom stereocenters. The number of nitrogens with zero attached hydrogens (tertiary/aromatic N) is 5. The summed E-state index contributed by atoms with van der Waals surface area (Å²) in [6.07, 6.45) is 4.37. The number of hydrogen-bond donors (Lipinski definition) is 3. The second-order valence-electron chi connectivity index (χ2n) is 4.97. The third-order valence-electron chi connectivity index (χ3n) is 2.77. The second kappa shape index (κ2) is 9.20. The van der Waals surface area contributed by atoms with E-state index in [9.17, 15) is 5.11 Å². The molecule has 0 amide bonds. The highest BCUT2D eigenvalue weighted by molar-refractivity contribution is 14.3. The molecule has 3 aromatic heterocycles. The van der Waals surface area contributed by atoms with Crippen LogP contribution in [0.1, 0.15) is 6.92 Å². The van der Waals surface area contributed by atoms with Crippen molar-refractivity contribution in [3.05, 3.63) is 36.8 Å². The predicted octanol–water partition coefficient (Wildman–Crippen LogP) is 3.83. The zero-order valence-electron chi connectivity index (χ0n) is 13.4. The minimum absolute atomic E-state index is 0.0149. The second-order valence-corrected chi connectivity index (χ2v) is 17.6. The van der Waals surface area contributed by atoms with Gasteiger partial charge in [-0.05, 0) is 25.1 Å². The van der Waals surface area contributed by atoms with Crippen LogP contribution in [0, 0.1) is 0 Å². The standard InChI is InChI=1S/C13H11N7O.C2H3I3/c14-12-16-3-1-8(19-12)7-5-10(18-6-11(7)21)9-2-4-17-13(15)20-9;1-2(3,4)5/h1-6,21H,(H2,14,16,19)(H2,15,17,20);1H3. The molecule has 0 bridgehead atoms. The van der Waals surface area contributed by atoms with Gasteiger partial charge < -0.3 is 16.6 Å². The van der Waals surface area contributed by atoms with Gasteiger partial charge in [0, 0.05) is 18.0 Å². The lowest BCUT2D eigenvalue weighted by Crippen LogP contribution is -1.98. The molecule has 0 saturated carbocycles. The molecule has 0 spiro atoms. The van der Waals surface area contributed by atoms with Crippen molar-refractivity contribution in [1.29, 1.82) is 0 Å². The number of aromatic nitrogens is 5. The summed E-state index contributed by atoms with van der Waals surface area (Å²) in [5.41, 5.74) is 13.2. The fourth-order valence-electron chi connectivity index (χ4n) is 1.83. The van der Waals surface area contributed by atoms with Crippen LogP contribution >= 0.6 is 67.8 Å². The zero-order chi connectivity index (χ0) is 19.3. The van der Waals surface area contributed by atoms with Gasteiger partial charge in [-0.25, -0.2) is 19.9 Å². The van der Waals surface area contributed by atoms with E-state index in [4.69, 9.17) is 11.5 Å². The van der Waals surface area contributed by atoms with Crippen molar-refractivity contribution in [2.45, 2.75) is 6.36 Å². The fourth-order valence-corrected chi connectivity index (χ4v) is 1.83. The number of rotatable bonds is 2. The summed E-state index contributed by atoms with van der Waals surface area (Å²) >= 11 is 7.05. The van der Waals surface area contributed by atoms with E-state index >= 15 is 0 Å². The average molecular weight is 689 g/mol. The summed E-state index contributed by atoms with van der Waals surface area (Å²) in [5.74, 6) is 0.255. The van der Waals surface area contributed by atoms with Crippen LogP contribution in [-0.4, -0.2) is 29.5 Å². The number of halogens is 3. The van der Waals surface area contributed by atoms with E-state index in [0.29, 0.717) is 22.1 Å². The molecule has 0 aliphatic rings. The van der Waals surface area contributed by atoms with Crippen molar-refractivity contribution in [3.8, 4) is 28.4 Å². The highest BCUT2D eigenvalue weighted by atomic mass is 127. The Hall–Kier alpha value is -1.10. The summed E-state index contributed by atoms with van der Waals surface area (Å²) in [5, 5.41) is 9.96. The van der Waals surface area contributed by atoms with Gasteiger partial charge in [-0.1, -0.05) is 67.8 Å². The molecular weight excluding hydrogens is 675 g/mol. The Bertz CT molecular complexity index is 896. The van der Waals surface area contributed by atoms with E-state index in [1.807, 2.05) is 0 Å². The number of nitrogen functional groups attached to an aromatic ring is 2. The van der Waals surface area contributed by atoms with E-state index in [1.165, 1.54) is 18.6 Å². The van der Waals surface area contributed by atoms with Gasteiger partial charge in [-0.2, -0.15) is 0 Å². The summed E-state index contributed by atoms with van der Waals surface area (Å²) in [6.45, 7) is 2.15. The normalized spacial score (nSPS) is 10.8. The van der Waals surface area contributed by atoms with Crippen molar-refractivity contribution in [2.75, 3.05) is 11.5 Å². The maximum absolute atomic E-state index is 9.96. The van der Waals surface area contributed by atoms with Crippen LogP contribution in [-0.2, 0) is 0 Å². The van der Waals surface area contributed by atoms with Gasteiger partial charge in [0.05, 0.1) is 23.3 Å². The van der Waals surface area contributed by atoms with Gasteiger partial charge in [-0.15, -0.1) is 0 Å². The lowest BCUT2D eigenvalue weighted by atomic mass is 10.1. The number of alkyl halides is 3. The van der Waals surface area contributed by atoms with Crippen LogP contribution in [0.2, 0.25) is 0 Å². The van der Waals surface area contributed by atoms with Crippen LogP contribution in [0.15, 0.2) is 36.8 Å². The molecule has 8 nitrogen and oxygen atoms in total. The lowest BCUT2D eigenvalue weighted by Gasteiger charge is -2.07. The maximum Gasteiger partial charge on any atom is 0.220 e. The smallest absolute Gasteiger partial charge is 0.220 e. The van der Waals surface area contributed by atoms with E-state index in [1.54, 1.807) is 18.2 Å². The van der Waals surface area contributed by atoms with Crippen molar-refractivity contribution < 1.29 is 5.11 Å². The van der Waals surface area contributed by atoms with Crippen LogP contribution in [0.5, 0.6) is 5.75 Å². The number of pyridine rings is 1. The molecule has 0 aliphatic carbocycles. The molecule has 0 saturated heterocycles. The molecule has 0 aliphatic heterocycles. The van der Waals surface area contributed by atoms with Gasteiger partial charge in [0.2, 0.25) is 11.9 Å². The Morgan fingerprint density at radius 3 is 1.92 bits per heavy atom. The molecule has 0 radical (unpaired) electrons. The molecule has 3 rings (SSSR count). The Kier molecular flexibility index (Phi) is 7.51. The third-order valence-corrected chi connectivity index (χ3v) is 2.77. The zero-order valence-corrected chi connectivity index (χ0v) is 19.9. The summed E-state index contributed by atoms with van der Waals surface area (Å²) in [4.78, 5) is 19.9. The van der Waals surface area contributed by atoms with Gasteiger partial charge in [0.25, 0.3) is 0 Å². The first-order valence-electron chi connectivity index (χ1n) is 7.07. The molecule has 26 heavy (non-hydrogen) atoms. The molecule has 5 N–H and O–H groups in total. The Morgan fingerprint density at radius 2 is 1.38 bits per heavy atom. The summed E-state index contributed by atoms with van der Waals surface area (Å²) in [6, 6.07) is 4.97. The predicted molar refractivity (Wildman–Crippen MR) is 127 cm³/mol. The van der Waals surface area contributed by atoms with Gasteiger partial charge in [0.1, 0.15) is 5.18 Å². The lowest BCUT2D eigenvalue weighted by molar-refractivity contribution is 0.474. The van der Waals surface area contributed by atoms with Crippen molar-refractivity contribution in [2.24, 2.45) is 0 Å². The van der Waals surface area contributed by atoms with Crippen LogP contribution in [0.3, 0.4) is 0 Å². The molecule has 3 aromatic rings. The van der Waals surface area contributed by atoms with Gasteiger partial charge >= 0.3 is 0 Å². The van der Waals surface area contributed by atoms with Crippen molar-refractivity contribution >= 4 is 79.7 Å². The van der Waals surface area contributed by atoms with Crippen LogP contribution in [0.25, 0.3) is 22.6 Å². The fraction of sp³-hybridized carbons (Fsp3) is 0.133. The number of hydrogen-bond acceptors (Lipinski definition) is 8. The van der Waals surface area contributed by atoms with E-state index < -0.39 is 0 Å². The molecular formula is C15H14I3N7O. The van der Waals surface area contributed by atoms with Crippen LogP contribution < -0.4 is 11.5 Å². The first kappa shape index (κ1) is 21.2. The SMILES string of the molecule is CC(I)(I)I.Nc1nccc(-c2cc(-c3ccnc(N)n3)c(O)cn2)n1. The summed E-state index contributed by atoms with van der Waals surface area (Å²) < 4.78 is 0.410. The van der Waals surface area contributed by atoms with E-state index in [0.717, 1.165) is 0 Å². The molecule has 0 aromatic carbocycles. The minimum atomic E-state index is -0.0149. The quantitative estimate of drug-likeness (QED) is 0.273. The highest BCUT2D eigenvalue weighted by Crippen LogP contribution is 2.33. The third kappa shape index (κ3) is 6.90. The van der Waals surface area contributed by atoms with Crippen LogP contribution in [0.4, 0.5) is 11.9 Å². The number of aromatic hydroxyl groups is 1. The van der Waals surface area contributed by atoms with E-state index in [2.05, 4.69) is 99.6 Å². The molecule has 0 unspecified atom stereocenters. The summed E-state index contributed by atoms with van der Waals surface area (Å²) in [7, 11) is 0. The number of anilines is 2. The largest absolute Gasteiger partial charge is 0.506 e. The Labute approximate surface area is 191 Å². The monoisotopic (exact) mass is 689 g/mol. The topological polar surface area (TPSA) is 137 Å². The van der Waals surface area contributed by atoms with Crippen molar-refractivity contribution in [1.82, 2.24) is 24.9 Å².